The van der Waals surface area contributed by atoms with Gasteiger partial charge in [-0.2, -0.15) is 5.10 Å². The zero-order valence-electron chi connectivity index (χ0n) is 12.4. The molecular weight excluding hydrogens is 252 g/mol. The summed E-state index contributed by atoms with van der Waals surface area (Å²) in [4.78, 5) is 2.36. The van der Waals surface area contributed by atoms with Crippen LogP contribution in [0.25, 0.3) is 0 Å². The van der Waals surface area contributed by atoms with Crippen LogP contribution in [0.1, 0.15) is 43.0 Å². The monoisotopic (exact) mass is 278 g/mol. The molecule has 112 valence electrons. The second-order valence-electron chi connectivity index (χ2n) is 6.18. The number of hydrogen-bond acceptors (Lipinski definition) is 4. The Kier molecular flexibility index (Phi) is 4.38. The van der Waals surface area contributed by atoms with Crippen molar-refractivity contribution in [1.29, 1.82) is 0 Å². The van der Waals surface area contributed by atoms with Crippen molar-refractivity contribution in [3.05, 3.63) is 17.5 Å². The highest BCUT2D eigenvalue weighted by atomic mass is 16.3. The number of aliphatic hydroxyl groups excluding tert-OH is 1. The van der Waals surface area contributed by atoms with Crippen LogP contribution in [-0.4, -0.2) is 52.1 Å². The maximum atomic E-state index is 10.2. The Balaban J connectivity index is 1.51. The fourth-order valence-corrected chi connectivity index (χ4v) is 3.52. The average Bonchev–Trinajstić information content (AvgIpc) is 3.07. The van der Waals surface area contributed by atoms with E-state index in [0.717, 1.165) is 32.5 Å². The first-order valence-corrected chi connectivity index (χ1v) is 7.88. The Morgan fingerprint density at radius 1 is 1.40 bits per heavy atom. The summed E-state index contributed by atoms with van der Waals surface area (Å²) in [7, 11) is 2.02. The van der Waals surface area contributed by atoms with Crippen molar-refractivity contribution in [2.24, 2.45) is 7.05 Å². The summed E-state index contributed by atoms with van der Waals surface area (Å²) in [6.45, 7) is 3.77. The molecule has 1 aliphatic heterocycles. The maximum absolute atomic E-state index is 10.2. The molecule has 5 nitrogen and oxygen atoms in total. The van der Waals surface area contributed by atoms with E-state index < -0.39 is 0 Å². The Bertz CT molecular complexity index is 439. The summed E-state index contributed by atoms with van der Waals surface area (Å²) < 4.78 is 1.99. The lowest BCUT2D eigenvalue weighted by molar-refractivity contribution is 0.119. The molecule has 0 amide bonds. The van der Waals surface area contributed by atoms with Crippen molar-refractivity contribution in [1.82, 2.24) is 20.0 Å². The molecule has 2 atom stereocenters. The predicted octanol–water partition coefficient (Wildman–Crippen LogP) is 0.844. The van der Waals surface area contributed by atoms with Crippen molar-refractivity contribution in [3.63, 3.8) is 0 Å². The Morgan fingerprint density at radius 3 is 3.00 bits per heavy atom. The molecule has 1 fully saturated rings. The first-order valence-electron chi connectivity index (χ1n) is 7.88. The lowest BCUT2D eigenvalue weighted by atomic mass is 9.93. The van der Waals surface area contributed by atoms with E-state index in [-0.39, 0.29) is 6.10 Å². The molecule has 2 heterocycles. The van der Waals surface area contributed by atoms with Crippen LogP contribution in [0, 0.1) is 0 Å². The van der Waals surface area contributed by atoms with Gasteiger partial charge in [0.05, 0.1) is 12.3 Å². The molecule has 2 unspecified atom stereocenters. The van der Waals surface area contributed by atoms with Gasteiger partial charge in [0.15, 0.2) is 0 Å². The Hall–Kier alpha value is -0.910. The van der Waals surface area contributed by atoms with Gasteiger partial charge < -0.3 is 15.3 Å². The molecule has 0 aromatic carbocycles. The highest BCUT2D eigenvalue weighted by molar-refractivity contribution is 5.24. The molecule has 0 spiro atoms. The van der Waals surface area contributed by atoms with E-state index in [1.165, 1.54) is 30.5 Å². The van der Waals surface area contributed by atoms with Crippen LogP contribution in [0.2, 0.25) is 0 Å². The van der Waals surface area contributed by atoms with Gasteiger partial charge in [-0.15, -0.1) is 0 Å². The quantitative estimate of drug-likeness (QED) is 0.838. The minimum absolute atomic E-state index is 0.268. The lowest BCUT2D eigenvalue weighted by Crippen LogP contribution is -2.39. The molecule has 0 bridgehead atoms. The van der Waals surface area contributed by atoms with Crippen LogP contribution in [-0.2, 0) is 13.5 Å². The third-order valence-corrected chi connectivity index (χ3v) is 4.64. The van der Waals surface area contributed by atoms with E-state index in [2.05, 4.69) is 15.3 Å². The van der Waals surface area contributed by atoms with Gasteiger partial charge in [0.1, 0.15) is 0 Å². The van der Waals surface area contributed by atoms with Crippen LogP contribution in [0.4, 0.5) is 0 Å². The van der Waals surface area contributed by atoms with E-state index in [0.29, 0.717) is 12.6 Å². The van der Waals surface area contributed by atoms with Crippen LogP contribution < -0.4 is 5.32 Å². The first kappa shape index (κ1) is 14.0. The van der Waals surface area contributed by atoms with Crippen LogP contribution in [0.15, 0.2) is 6.20 Å². The van der Waals surface area contributed by atoms with E-state index in [1.54, 1.807) is 0 Å². The molecule has 2 N–H and O–H groups in total. The normalized spacial score (nSPS) is 24.8. The van der Waals surface area contributed by atoms with Gasteiger partial charge in [0, 0.05) is 37.4 Å². The summed E-state index contributed by atoms with van der Waals surface area (Å²) in [5.41, 5.74) is 2.68. The fourth-order valence-electron chi connectivity index (χ4n) is 3.52. The van der Waals surface area contributed by atoms with E-state index in [4.69, 9.17) is 0 Å². The number of rotatable bonds is 5. The molecular formula is C15H26N4O. The fraction of sp³-hybridized carbons (Fsp3) is 0.800. The second-order valence-corrected chi connectivity index (χ2v) is 6.18. The average molecular weight is 278 g/mol. The summed E-state index contributed by atoms with van der Waals surface area (Å²) >= 11 is 0. The molecule has 0 saturated carbocycles. The number of nitrogens with zero attached hydrogens (tertiary/aromatic N) is 3. The van der Waals surface area contributed by atoms with Crippen molar-refractivity contribution in [2.45, 2.75) is 44.2 Å². The second kappa shape index (κ2) is 6.24. The highest BCUT2D eigenvalue weighted by Gasteiger charge is 2.24. The van der Waals surface area contributed by atoms with Crippen molar-refractivity contribution < 1.29 is 5.11 Å². The molecule has 1 aromatic rings. The number of aromatic nitrogens is 2. The molecule has 0 radical (unpaired) electrons. The molecule has 1 saturated heterocycles. The number of nitrogens with one attached hydrogen (secondary N) is 1. The third-order valence-electron chi connectivity index (χ3n) is 4.64. The van der Waals surface area contributed by atoms with E-state index in [1.807, 2.05) is 17.9 Å². The Morgan fingerprint density at radius 2 is 2.20 bits per heavy atom. The number of β-amino-alcohol motifs (C(OH)–C–C–N with tert-alkyl or cyclic N) is 1. The summed E-state index contributed by atoms with van der Waals surface area (Å²) in [5.74, 6) is 0. The molecule has 20 heavy (non-hydrogen) atoms. The predicted molar refractivity (Wildman–Crippen MR) is 78.6 cm³/mol. The van der Waals surface area contributed by atoms with Gasteiger partial charge in [-0.1, -0.05) is 0 Å². The molecule has 1 aromatic heterocycles. The summed E-state index contributed by atoms with van der Waals surface area (Å²) in [6.07, 6.45) is 7.75. The molecule has 2 aliphatic rings. The molecule has 3 rings (SSSR count). The SMILES string of the molecule is Cn1ncc2c1CCCC2NCC(O)CN1CCCC1. The minimum Gasteiger partial charge on any atom is -0.390 e. The van der Waals surface area contributed by atoms with Crippen molar-refractivity contribution >= 4 is 0 Å². The number of aliphatic hydroxyl groups is 1. The summed E-state index contributed by atoms with van der Waals surface area (Å²) in [5, 5.41) is 18.1. The van der Waals surface area contributed by atoms with Gasteiger partial charge in [0.25, 0.3) is 0 Å². The molecule has 5 heteroatoms. The third kappa shape index (κ3) is 3.05. The zero-order chi connectivity index (χ0) is 13.9. The summed E-state index contributed by atoms with van der Waals surface area (Å²) in [6, 6.07) is 0.362. The lowest BCUT2D eigenvalue weighted by Gasteiger charge is -2.26. The smallest absolute Gasteiger partial charge is 0.0791 e. The first-order chi connectivity index (χ1) is 9.74. The number of fused-ring (bicyclic) bond motifs is 1. The van der Waals surface area contributed by atoms with E-state index in [9.17, 15) is 5.11 Å². The van der Waals surface area contributed by atoms with Gasteiger partial charge >= 0.3 is 0 Å². The minimum atomic E-state index is -0.268. The van der Waals surface area contributed by atoms with Gasteiger partial charge in [-0.3, -0.25) is 4.68 Å². The zero-order valence-corrected chi connectivity index (χ0v) is 12.4. The van der Waals surface area contributed by atoms with Crippen LogP contribution in [0.3, 0.4) is 0 Å². The van der Waals surface area contributed by atoms with Gasteiger partial charge in [0.2, 0.25) is 0 Å². The van der Waals surface area contributed by atoms with Crippen LogP contribution in [0.5, 0.6) is 0 Å². The molecule has 1 aliphatic carbocycles. The maximum Gasteiger partial charge on any atom is 0.0791 e. The largest absolute Gasteiger partial charge is 0.390 e. The van der Waals surface area contributed by atoms with Crippen molar-refractivity contribution in [3.8, 4) is 0 Å². The van der Waals surface area contributed by atoms with Gasteiger partial charge in [-0.05, 0) is 45.2 Å². The topological polar surface area (TPSA) is 53.3 Å². The number of aryl methyl sites for hydroxylation is 1. The highest BCUT2D eigenvalue weighted by Crippen LogP contribution is 2.28. The van der Waals surface area contributed by atoms with Crippen LogP contribution >= 0.6 is 0 Å². The van der Waals surface area contributed by atoms with Gasteiger partial charge in [-0.25, -0.2) is 0 Å². The number of likely N-dealkylation sites (tertiary alicyclic amines) is 1. The Labute approximate surface area is 121 Å². The van der Waals surface area contributed by atoms with E-state index >= 15 is 0 Å². The van der Waals surface area contributed by atoms with Crippen molar-refractivity contribution in [2.75, 3.05) is 26.2 Å². The number of hydrogen-bond donors (Lipinski definition) is 2. The standard InChI is InChI=1S/C15H26N4O/c1-18-15-6-4-5-14(13(15)10-17-18)16-9-12(20)11-19-7-2-3-8-19/h10,12,14,16,20H,2-9,11H2,1H3.